The van der Waals surface area contributed by atoms with Gasteiger partial charge >= 0.3 is 5.97 Å². The van der Waals surface area contributed by atoms with Gasteiger partial charge in [-0.05, 0) is 25.2 Å². The Morgan fingerprint density at radius 3 is 2.58 bits per heavy atom. The lowest BCUT2D eigenvalue weighted by atomic mass is 10.2. The number of hydrogen-bond acceptors (Lipinski definition) is 5. The molecule has 0 amide bonds. The maximum absolute atomic E-state index is 11.9. The van der Waals surface area contributed by atoms with Gasteiger partial charge in [0.2, 0.25) is 10.0 Å². The van der Waals surface area contributed by atoms with Crippen molar-refractivity contribution < 1.29 is 17.9 Å². The predicted octanol–water partition coefficient (Wildman–Crippen LogP) is 0.624. The molecule has 1 aromatic carbocycles. The second kappa shape index (κ2) is 6.85. The van der Waals surface area contributed by atoms with Crippen LogP contribution in [0.25, 0.3) is 0 Å². The zero-order valence-corrected chi connectivity index (χ0v) is 12.1. The van der Waals surface area contributed by atoms with Crippen molar-refractivity contribution in [1.29, 1.82) is 0 Å². The summed E-state index contributed by atoms with van der Waals surface area (Å²) in [5, 5.41) is 2.79. The van der Waals surface area contributed by atoms with E-state index in [0.717, 1.165) is 0 Å². The van der Waals surface area contributed by atoms with Gasteiger partial charge < -0.3 is 10.1 Å². The molecule has 0 spiro atoms. The van der Waals surface area contributed by atoms with Gasteiger partial charge in [0.25, 0.3) is 0 Å². The normalized spacial score (nSPS) is 11.3. The van der Waals surface area contributed by atoms with Gasteiger partial charge in [-0.2, -0.15) is 0 Å². The number of esters is 1. The zero-order chi connectivity index (χ0) is 14.5. The Balaban J connectivity index is 2.99. The molecule has 0 aliphatic heterocycles. The highest BCUT2D eigenvalue weighted by molar-refractivity contribution is 7.89. The zero-order valence-electron chi connectivity index (χ0n) is 10.6. The number of carbonyl (C=O) groups is 1. The SMILES string of the molecule is CNCCNS(=O)(=O)c1ccc(C(=O)OC)cc1Cl. The van der Waals surface area contributed by atoms with Crippen LogP contribution in [0.5, 0.6) is 0 Å². The Kier molecular flexibility index (Phi) is 5.74. The minimum atomic E-state index is -3.69. The fraction of sp³-hybridized carbons (Fsp3) is 0.364. The Morgan fingerprint density at radius 2 is 2.05 bits per heavy atom. The molecule has 0 radical (unpaired) electrons. The van der Waals surface area contributed by atoms with Gasteiger partial charge in [0.15, 0.2) is 0 Å². The molecule has 0 unspecified atom stereocenters. The van der Waals surface area contributed by atoms with Gasteiger partial charge in [0.1, 0.15) is 4.90 Å². The maximum Gasteiger partial charge on any atom is 0.337 e. The molecule has 6 nitrogen and oxygen atoms in total. The third kappa shape index (κ3) is 4.17. The predicted molar refractivity (Wildman–Crippen MR) is 71.9 cm³/mol. The van der Waals surface area contributed by atoms with Crippen molar-refractivity contribution in [3.63, 3.8) is 0 Å². The van der Waals surface area contributed by atoms with Crippen LogP contribution in [-0.4, -0.2) is 41.6 Å². The molecule has 0 atom stereocenters. The molecule has 0 fully saturated rings. The Hall–Kier alpha value is -1.15. The topological polar surface area (TPSA) is 84.5 Å². The van der Waals surface area contributed by atoms with Crippen molar-refractivity contribution in [2.75, 3.05) is 27.2 Å². The van der Waals surface area contributed by atoms with Crippen LogP contribution in [0.3, 0.4) is 0 Å². The van der Waals surface area contributed by atoms with Crippen molar-refractivity contribution in [3.8, 4) is 0 Å². The molecule has 106 valence electrons. The second-order valence-corrected chi connectivity index (χ2v) is 5.78. The Labute approximate surface area is 117 Å². The van der Waals surface area contributed by atoms with E-state index in [0.29, 0.717) is 6.54 Å². The molecule has 1 aromatic rings. The number of ether oxygens (including phenoxy) is 1. The summed E-state index contributed by atoms with van der Waals surface area (Å²) in [5.41, 5.74) is 0.196. The number of halogens is 1. The first kappa shape index (κ1) is 15.9. The van der Waals surface area contributed by atoms with Crippen LogP contribution in [0, 0.1) is 0 Å². The summed E-state index contributed by atoms with van der Waals surface area (Å²) < 4.78 is 30.8. The average molecular weight is 307 g/mol. The number of sulfonamides is 1. The van der Waals surface area contributed by atoms with E-state index >= 15 is 0 Å². The highest BCUT2D eigenvalue weighted by atomic mass is 35.5. The summed E-state index contributed by atoms with van der Waals surface area (Å²) in [6.45, 7) is 0.741. The molecule has 0 aliphatic rings. The quantitative estimate of drug-likeness (QED) is 0.595. The highest BCUT2D eigenvalue weighted by Crippen LogP contribution is 2.22. The standard InChI is InChI=1S/C11H15ClN2O4S/c1-13-5-6-14-19(16,17)10-4-3-8(7-9(10)12)11(15)18-2/h3-4,7,13-14H,5-6H2,1-2H3. The van der Waals surface area contributed by atoms with Crippen molar-refractivity contribution in [3.05, 3.63) is 28.8 Å². The van der Waals surface area contributed by atoms with E-state index < -0.39 is 16.0 Å². The van der Waals surface area contributed by atoms with E-state index in [-0.39, 0.29) is 22.0 Å². The monoisotopic (exact) mass is 306 g/mol. The van der Waals surface area contributed by atoms with Crippen molar-refractivity contribution in [1.82, 2.24) is 10.0 Å². The first-order valence-electron chi connectivity index (χ1n) is 5.44. The third-order valence-electron chi connectivity index (χ3n) is 2.31. The number of rotatable bonds is 6. The minimum absolute atomic E-state index is 0.0279. The minimum Gasteiger partial charge on any atom is -0.465 e. The summed E-state index contributed by atoms with van der Waals surface area (Å²) in [4.78, 5) is 11.2. The van der Waals surface area contributed by atoms with Crippen LogP contribution in [0.4, 0.5) is 0 Å². The molecular weight excluding hydrogens is 292 g/mol. The molecule has 0 aliphatic carbocycles. The number of carbonyl (C=O) groups excluding carboxylic acids is 1. The summed E-state index contributed by atoms with van der Waals surface area (Å²) in [6.07, 6.45) is 0. The summed E-state index contributed by atoms with van der Waals surface area (Å²) in [6, 6.07) is 3.89. The largest absolute Gasteiger partial charge is 0.465 e. The Bertz CT molecular complexity index is 560. The first-order valence-corrected chi connectivity index (χ1v) is 7.30. The van der Waals surface area contributed by atoms with Gasteiger partial charge in [-0.1, -0.05) is 11.6 Å². The van der Waals surface area contributed by atoms with Crippen LogP contribution in [-0.2, 0) is 14.8 Å². The summed E-state index contributed by atoms with van der Waals surface area (Å²) in [7, 11) is -0.735. The molecular formula is C11H15ClN2O4S. The molecule has 2 N–H and O–H groups in total. The van der Waals surface area contributed by atoms with Crippen molar-refractivity contribution in [2.24, 2.45) is 0 Å². The van der Waals surface area contributed by atoms with Crippen molar-refractivity contribution >= 4 is 27.6 Å². The number of methoxy groups -OCH3 is 1. The third-order valence-corrected chi connectivity index (χ3v) is 4.25. The van der Waals surface area contributed by atoms with E-state index in [1.807, 2.05) is 0 Å². The van der Waals surface area contributed by atoms with Crippen LogP contribution >= 0.6 is 11.6 Å². The molecule has 19 heavy (non-hydrogen) atoms. The average Bonchev–Trinajstić information content (AvgIpc) is 2.37. The van der Waals surface area contributed by atoms with E-state index in [9.17, 15) is 13.2 Å². The molecule has 0 saturated carbocycles. The molecule has 8 heteroatoms. The first-order chi connectivity index (χ1) is 8.92. The summed E-state index contributed by atoms with van der Waals surface area (Å²) in [5.74, 6) is -0.575. The van der Waals surface area contributed by atoms with Gasteiger partial charge in [-0.25, -0.2) is 17.9 Å². The smallest absolute Gasteiger partial charge is 0.337 e. The number of nitrogens with one attached hydrogen (secondary N) is 2. The molecule has 1 rings (SSSR count). The van der Waals surface area contributed by atoms with Crippen molar-refractivity contribution in [2.45, 2.75) is 4.90 Å². The van der Waals surface area contributed by atoms with Crippen LogP contribution < -0.4 is 10.0 Å². The van der Waals surface area contributed by atoms with Crippen LogP contribution in [0.15, 0.2) is 23.1 Å². The van der Waals surface area contributed by atoms with Gasteiger partial charge in [-0.3, -0.25) is 0 Å². The Morgan fingerprint density at radius 1 is 1.37 bits per heavy atom. The summed E-state index contributed by atoms with van der Waals surface area (Å²) >= 11 is 5.89. The van der Waals surface area contributed by atoms with E-state index in [4.69, 9.17) is 11.6 Å². The van der Waals surface area contributed by atoms with E-state index in [1.165, 1.54) is 25.3 Å². The molecule has 0 bridgehead atoms. The van der Waals surface area contributed by atoms with Gasteiger partial charge in [0, 0.05) is 13.1 Å². The molecule has 0 heterocycles. The molecule has 0 aromatic heterocycles. The van der Waals surface area contributed by atoms with Gasteiger partial charge in [0.05, 0.1) is 17.7 Å². The highest BCUT2D eigenvalue weighted by Gasteiger charge is 2.19. The lowest BCUT2D eigenvalue weighted by molar-refractivity contribution is 0.0600. The lowest BCUT2D eigenvalue weighted by Crippen LogP contribution is -2.30. The maximum atomic E-state index is 11.9. The van der Waals surface area contributed by atoms with Gasteiger partial charge in [-0.15, -0.1) is 0 Å². The number of likely N-dealkylation sites (N-methyl/N-ethyl adjacent to an activating group) is 1. The van der Waals surface area contributed by atoms with Crippen LogP contribution in [0.2, 0.25) is 5.02 Å². The number of benzene rings is 1. The van der Waals surface area contributed by atoms with Crippen LogP contribution in [0.1, 0.15) is 10.4 Å². The molecule has 0 saturated heterocycles. The van der Waals surface area contributed by atoms with E-state index in [1.54, 1.807) is 7.05 Å². The fourth-order valence-corrected chi connectivity index (χ4v) is 2.93. The van der Waals surface area contributed by atoms with E-state index in [2.05, 4.69) is 14.8 Å². The fourth-order valence-electron chi connectivity index (χ4n) is 1.35. The second-order valence-electron chi connectivity index (χ2n) is 3.64. The lowest BCUT2D eigenvalue weighted by Gasteiger charge is -2.09. The number of hydrogen-bond donors (Lipinski definition) is 2.